The summed E-state index contributed by atoms with van der Waals surface area (Å²) in [5, 5.41) is 3.19. The van der Waals surface area contributed by atoms with Crippen molar-refractivity contribution in [2.45, 2.75) is 4.71 Å². The van der Waals surface area contributed by atoms with Crippen molar-refractivity contribution < 1.29 is 0 Å². The zero-order valence-electron chi connectivity index (χ0n) is 4.31. The fourth-order valence-electron chi connectivity index (χ4n) is 0.525. The van der Waals surface area contributed by atoms with Gasteiger partial charge in [-0.1, -0.05) is 0 Å². The van der Waals surface area contributed by atoms with Crippen LogP contribution < -0.4 is 5.32 Å². The minimum Gasteiger partial charge on any atom is -0.300 e. The summed E-state index contributed by atoms with van der Waals surface area (Å²) in [5.74, 6) is 2.63. The Morgan fingerprint density at radius 1 is 1.43 bits per heavy atom. The molecule has 1 saturated heterocycles. The van der Waals surface area contributed by atoms with Crippen LogP contribution in [0.3, 0.4) is 0 Å². The normalized spacial score (nSPS) is 23.6. The molecule has 1 aliphatic rings. The summed E-state index contributed by atoms with van der Waals surface area (Å²) in [5.41, 5.74) is 0. The molecule has 0 saturated carbocycles. The third kappa shape index (κ3) is 1.55. The summed E-state index contributed by atoms with van der Waals surface area (Å²) < 4.78 is 0.681. The number of hydrogen-bond donors (Lipinski definition) is 1. The summed E-state index contributed by atoms with van der Waals surface area (Å²) in [4.78, 5) is 0. The first kappa shape index (κ1) is 5.79. The molecule has 1 heterocycles. The minimum atomic E-state index is 0.681. The Labute approximate surface area is 52.6 Å². The van der Waals surface area contributed by atoms with Crippen molar-refractivity contribution in [1.82, 2.24) is 5.32 Å². The molecule has 1 fully saturated rings. The van der Waals surface area contributed by atoms with Gasteiger partial charge in [-0.25, -0.2) is 0 Å². The fourth-order valence-corrected chi connectivity index (χ4v) is 3.02. The molecule has 1 nitrogen and oxygen atoms in total. The lowest BCUT2D eigenvalue weighted by Crippen LogP contribution is -2.13. The summed E-state index contributed by atoms with van der Waals surface area (Å²) in [6.45, 7) is 0. The molecule has 0 unspecified atom stereocenters. The van der Waals surface area contributed by atoms with Crippen LogP contribution in [0.5, 0.6) is 0 Å². The standard InChI is InChI=1S/C4H9NS2/c1-5-4-6-2-3-7-4/h4-5H,2-3H2,1H3. The minimum absolute atomic E-state index is 0.681. The van der Waals surface area contributed by atoms with Gasteiger partial charge in [0.05, 0.1) is 4.71 Å². The van der Waals surface area contributed by atoms with Gasteiger partial charge in [0.25, 0.3) is 0 Å². The second-order valence-corrected chi connectivity index (χ2v) is 4.09. The van der Waals surface area contributed by atoms with Crippen LogP contribution >= 0.6 is 23.5 Å². The van der Waals surface area contributed by atoms with Gasteiger partial charge in [0.2, 0.25) is 0 Å². The Balaban J connectivity index is 2.14. The van der Waals surface area contributed by atoms with Gasteiger partial charge in [-0.2, -0.15) is 0 Å². The SMILES string of the molecule is CNC1SCCS1. The molecule has 0 aliphatic carbocycles. The van der Waals surface area contributed by atoms with Crippen molar-refractivity contribution in [3.63, 3.8) is 0 Å². The quantitative estimate of drug-likeness (QED) is 0.575. The highest BCUT2D eigenvalue weighted by atomic mass is 32.2. The van der Waals surface area contributed by atoms with Gasteiger partial charge in [0.15, 0.2) is 0 Å². The molecule has 0 aromatic rings. The second-order valence-electron chi connectivity index (χ2n) is 1.36. The van der Waals surface area contributed by atoms with E-state index < -0.39 is 0 Å². The molecular weight excluding hydrogens is 126 g/mol. The summed E-state index contributed by atoms with van der Waals surface area (Å²) in [6, 6.07) is 0. The predicted molar refractivity (Wildman–Crippen MR) is 37.8 cm³/mol. The third-order valence-electron chi connectivity index (χ3n) is 0.857. The largest absolute Gasteiger partial charge is 0.300 e. The molecule has 3 heteroatoms. The molecule has 42 valence electrons. The van der Waals surface area contributed by atoms with Gasteiger partial charge in [-0.3, -0.25) is 0 Å². The smallest absolute Gasteiger partial charge is 0.0999 e. The van der Waals surface area contributed by atoms with E-state index in [9.17, 15) is 0 Å². The molecule has 0 radical (unpaired) electrons. The summed E-state index contributed by atoms with van der Waals surface area (Å²) >= 11 is 3.99. The van der Waals surface area contributed by atoms with Crippen LogP contribution in [0.4, 0.5) is 0 Å². The maximum Gasteiger partial charge on any atom is 0.0999 e. The lowest BCUT2D eigenvalue weighted by molar-refractivity contribution is 0.942. The van der Waals surface area contributed by atoms with E-state index in [1.807, 2.05) is 30.6 Å². The lowest BCUT2D eigenvalue weighted by atomic mass is 11.0. The van der Waals surface area contributed by atoms with Gasteiger partial charge < -0.3 is 5.32 Å². The highest BCUT2D eigenvalue weighted by Gasteiger charge is 2.11. The Morgan fingerprint density at radius 3 is 2.29 bits per heavy atom. The Bertz CT molecular complexity index is 51.7. The van der Waals surface area contributed by atoms with E-state index in [1.54, 1.807) is 0 Å². The van der Waals surface area contributed by atoms with Crippen molar-refractivity contribution >= 4 is 23.5 Å². The van der Waals surface area contributed by atoms with Crippen molar-refractivity contribution in [1.29, 1.82) is 0 Å². The van der Waals surface area contributed by atoms with Crippen LogP contribution in [0.15, 0.2) is 0 Å². The molecule has 0 atom stereocenters. The van der Waals surface area contributed by atoms with E-state index >= 15 is 0 Å². The van der Waals surface area contributed by atoms with Crippen molar-refractivity contribution in [2.24, 2.45) is 0 Å². The second kappa shape index (κ2) is 2.84. The van der Waals surface area contributed by atoms with E-state index in [4.69, 9.17) is 0 Å². The van der Waals surface area contributed by atoms with Crippen LogP contribution in [-0.2, 0) is 0 Å². The molecule has 0 aromatic heterocycles. The van der Waals surface area contributed by atoms with E-state index in [2.05, 4.69) is 5.32 Å². The average molecular weight is 135 g/mol. The Hall–Kier alpha value is 0.660. The molecule has 1 aliphatic heterocycles. The lowest BCUT2D eigenvalue weighted by Gasteiger charge is -2.01. The van der Waals surface area contributed by atoms with E-state index in [0.717, 1.165) is 0 Å². The van der Waals surface area contributed by atoms with E-state index in [-0.39, 0.29) is 0 Å². The molecular formula is C4H9NS2. The van der Waals surface area contributed by atoms with E-state index in [0.29, 0.717) is 4.71 Å². The van der Waals surface area contributed by atoms with Crippen LogP contribution in [0, 0.1) is 0 Å². The molecule has 0 bridgehead atoms. The van der Waals surface area contributed by atoms with Crippen LogP contribution in [0.1, 0.15) is 0 Å². The third-order valence-corrected chi connectivity index (χ3v) is 3.89. The average Bonchev–Trinajstić information content (AvgIpc) is 2.14. The topological polar surface area (TPSA) is 12.0 Å². The fraction of sp³-hybridized carbons (Fsp3) is 1.00. The number of rotatable bonds is 1. The predicted octanol–water partition coefficient (Wildman–Crippen LogP) is 0.969. The maximum absolute atomic E-state index is 3.19. The Kier molecular flexibility index (Phi) is 2.35. The number of thioether (sulfide) groups is 2. The van der Waals surface area contributed by atoms with Crippen LogP contribution in [0.25, 0.3) is 0 Å². The molecule has 0 spiro atoms. The molecule has 1 N–H and O–H groups in total. The van der Waals surface area contributed by atoms with Gasteiger partial charge in [0, 0.05) is 11.5 Å². The Morgan fingerprint density at radius 2 is 2.00 bits per heavy atom. The summed E-state index contributed by atoms with van der Waals surface area (Å²) in [6.07, 6.45) is 0. The summed E-state index contributed by atoms with van der Waals surface area (Å²) in [7, 11) is 2.01. The van der Waals surface area contributed by atoms with Crippen LogP contribution in [0.2, 0.25) is 0 Å². The van der Waals surface area contributed by atoms with Gasteiger partial charge in [-0.05, 0) is 7.05 Å². The molecule has 7 heavy (non-hydrogen) atoms. The van der Waals surface area contributed by atoms with Gasteiger partial charge >= 0.3 is 0 Å². The first-order valence-electron chi connectivity index (χ1n) is 2.34. The molecule has 1 rings (SSSR count). The molecule has 0 amide bonds. The van der Waals surface area contributed by atoms with Gasteiger partial charge in [-0.15, -0.1) is 23.5 Å². The highest BCUT2D eigenvalue weighted by Crippen LogP contribution is 2.28. The zero-order valence-corrected chi connectivity index (χ0v) is 5.94. The number of hydrogen-bond acceptors (Lipinski definition) is 3. The van der Waals surface area contributed by atoms with Crippen molar-refractivity contribution in [3.8, 4) is 0 Å². The highest BCUT2D eigenvalue weighted by molar-refractivity contribution is 8.20. The van der Waals surface area contributed by atoms with Crippen molar-refractivity contribution in [2.75, 3.05) is 18.6 Å². The monoisotopic (exact) mass is 135 g/mol. The van der Waals surface area contributed by atoms with Crippen molar-refractivity contribution in [3.05, 3.63) is 0 Å². The first-order valence-corrected chi connectivity index (χ1v) is 4.43. The van der Waals surface area contributed by atoms with E-state index in [1.165, 1.54) is 11.5 Å². The number of nitrogens with one attached hydrogen (secondary N) is 1. The first-order chi connectivity index (χ1) is 3.43. The maximum atomic E-state index is 3.19. The van der Waals surface area contributed by atoms with Crippen LogP contribution in [-0.4, -0.2) is 23.3 Å². The zero-order chi connectivity index (χ0) is 5.11. The molecule has 0 aromatic carbocycles. The van der Waals surface area contributed by atoms with Gasteiger partial charge in [0.1, 0.15) is 0 Å².